The predicted molar refractivity (Wildman–Crippen MR) is 63.8 cm³/mol. The molecule has 5 nitrogen and oxygen atoms in total. The van der Waals surface area contributed by atoms with Crippen molar-refractivity contribution in [1.82, 2.24) is 4.98 Å². The predicted octanol–water partition coefficient (Wildman–Crippen LogP) is 2.13. The molecule has 18 heavy (non-hydrogen) atoms. The average Bonchev–Trinajstić information content (AvgIpc) is 2.93. The molecule has 1 aromatic heterocycles. The minimum atomic E-state index is -0.680. The van der Waals surface area contributed by atoms with Gasteiger partial charge in [0.25, 0.3) is 0 Å². The van der Waals surface area contributed by atoms with Gasteiger partial charge in [-0.3, -0.25) is 0 Å². The monoisotopic (exact) mass is 261 g/mol. The summed E-state index contributed by atoms with van der Waals surface area (Å²) >= 11 is 1.14. The molecule has 0 saturated carbocycles. The summed E-state index contributed by atoms with van der Waals surface area (Å²) in [5.74, 6) is -0.612. The van der Waals surface area contributed by atoms with E-state index in [-0.39, 0.29) is 10.6 Å². The van der Waals surface area contributed by atoms with Crippen LogP contribution in [0.5, 0.6) is 5.75 Å². The van der Waals surface area contributed by atoms with E-state index >= 15 is 0 Å². The van der Waals surface area contributed by atoms with Crippen molar-refractivity contribution >= 4 is 23.3 Å². The van der Waals surface area contributed by atoms with Crippen molar-refractivity contribution in [3.63, 3.8) is 0 Å². The normalized spacial score (nSPS) is 13.4. The minimum absolute atomic E-state index is 0.0998. The van der Waals surface area contributed by atoms with Gasteiger partial charge in [-0.2, -0.15) is 0 Å². The Bertz CT molecular complexity index is 630. The number of carbonyl (C=O) groups is 2. The van der Waals surface area contributed by atoms with Crippen molar-refractivity contribution < 1.29 is 19.1 Å². The maximum atomic E-state index is 11.3. The van der Waals surface area contributed by atoms with Gasteiger partial charge in [0.05, 0.1) is 7.11 Å². The first kappa shape index (κ1) is 10.9. The molecular formula is C12H7NO4S. The van der Waals surface area contributed by atoms with Crippen molar-refractivity contribution in [3.8, 4) is 16.3 Å². The number of rotatable bonds is 2. The lowest BCUT2D eigenvalue weighted by atomic mass is 10.2. The Morgan fingerprint density at radius 2 is 2.11 bits per heavy atom. The molecule has 0 saturated heterocycles. The topological polar surface area (TPSA) is 65.5 Å². The van der Waals surface area contributed by atoms with Gasteiger partial charge in [-0.1, -0.05) is 12.1 Å². The summed E-state index contributed by atoms with van der Waals surface area (Å²) < 4.78 is 9.57. The van der Waals surface area contributed by atoms with Gasteiger partial charge < -0.3 is 9.47 Å². The number of methoxy groups -OCH3 is 1. The number of hydrogen-bond donors (Lipinski definition) is 0. The van der Waals surface area contributed by atoms with E-state index in [1.54, 1.807) is 13.2 Å². The van der Waals surface area contributed by atoms with Gasteiger partial charge in [0.2, 0.25) is 0 Å². The summed E-state index contributed by atoms with van der Waals surface area (Å²) in [5, 5.41) is 0.601. The van der Waals surface area contributed by atoms with Crippen molar-refractivity contribution in [2.45, 2.75) is 0 Å². The Kier molecular flexibility index (Phi) is 2.38. The van der Waals surface area contributed by atoms with Crippen molar-refractivity contribution in [2.24, 2.45) is 0 Å². The second-order valence-corrected chi connectivity index (χ2v) is 4.60. The number of nitrogens with zero attached hydrogens (tertiary/aromatic N) is 1. The van der Waals surface area contributed by atoms with E-state index in [1.807, 2.05) is 18.2 Å². The molecule has 1 aliphatic heterocycles. The van der Waals surface area contributed by atoms with Gasteiger partial charge in [-0.15, -0.1) is 11.3 Å². The summed E-state index contributed by atoms with van der Waals surface area (Å²) in [6.45, 7) is 0. The zero-order valence-electron chi connectivity index (χ0n) is 9.30. The smallest absolute Gasteiger partial charge is 0.366 e. The van der Waals surface area contributed by atoms with Crippen LogP contribution in [0.25, 0.3) is 10.6 Å². The Hall–Kier alpha value is -2.21. The number of cyclic esters (lactones) is 2. The first-order chi connectivity index (χ1) is 8.69. The minimum Gasteiger partial charge on any atom is -0.497 e. The van der Waals surface area contributed by atoms with Gasteiger partial charge in [0, 0.05) is 5.56 Å². The van der Waals surface area contributed by atoms with Crippen LogP contribution >= 0.6 is 11.3 Å². The maximum Gasteiger partial charge on any atom is 0.366 e. The fraction of sp³-hybridized carbons (Fsp3) is 0.0833. The molecule has 0 bridgehead atoms. The van der Waals surface area contributed by atoms with E-state index in [0.717, 1.165) is 16.9 Å². The van der Waals surface area contributed by atoms with Crippen molar-refractivity contribution in [2.75, 3.05) is 7.11 Å². The SMILES string of the molecule is COc1cccc(-c2nc3c(s2)C(=O)OC3=O)c1. The number of thiazole rings is 1. The second kappa shape index (κ2) is 3.92. The Balaban J connectivity index is 2.08. The molecule has 3 rings (SSSR count). The molecule has 90 valence electrons. The molecule has 0 aliphatic carbocycles. The highest BCUT2D eigenvalue weighted by molar-refractivity contribution is 7.17. The molecule has 0 spiro atoms. The van der Waals surface area contributed by atoms with Crippen molar-refractivity contribution in [3.05, 3.63) is 34.8 Å². The third-order valence-electron chi connectivity index (χ3n) is 2.51. The zero-order valence-corrected chi connectivity index (χ0v) is 10.1. The van der Waals surface area contributed by atoms with Crippen LogP contribution in [0.2, 0.25) is 0 Å². The standard InChI is InChI=1S/C12H7NO4S/c1-16-7-4-2-3-6(5-7)10-13-8-9(18-10)12(15)17-11(8)14/h2-5H,1H3. The fourth-order valence-electron chi connectivity index (χ4n) is 1.66. The molecule has 1 aliphatic rings. The zero-order chi connectivity index (χ0) is 12.7. The molecule has 0 N–H and O–H groups in total. The van der Waals surface area contributed by atoms with Crippen LogP contribution in [0, 0.1) is 0 Å². The molecule has 0 fully saturated rings. The van der Waals surface area contributed by atoms with Crippen LogP contribution in [-0.4, -0.2) is 24.0 Å². The van der Waals surface area contributed by atoms with Crippen LogP contribution in [-0.2, 0) is 4.74 Å². The Morgan fingerprint density at radius 3 is 2.83 bits per heavy atom. The number of fused-ring (bicyclic) bond motifs is 1. The summed E-state index contributed by atoms with van der Waals surface area (Å²) in [5.41, 5.74) is 0.900. The Morgan fingerprint density at radius 1 is 1.28 bits per heavy atom. The van der Waals surface area contributed by atoms with Gasteiger partial charge in [-0.05, 0) is 12.1 Å². The molecule has 0 radical (unpaired) electrons. The summed E-state index contributed by atoms with van der Waals surface area (Å²) in [6.07, 6.45) is 0. The lowest BCUT2D eigenvalue weighted by Gasteiger charge is -2.01. The summed E-state index contributed by atoms with van der Waals surface area (Å²) in [7, 11) is 1.57. The molecule has 2 heterocycles. The molecule has 0 atom stereocenters. The third-order valence-corrected chi connectivity index (χ3v) is 3.59. The lowest BCUT2D eigenvalue weighted by Crippen LogP contribution is -1.99. The van der Waals surface area contributed by atoms with E-state index < -0.39 is 11.9 Å². The van der Waals surface area contributed by atoms with Crippen LogP contribution in [0.15, 0.2) is 24.3 Å². The van der Waals surface area contributed by atoms with E-state index in [2.05, 4.69) is 9.72 Å². The van der Waals surface area contributed by atoms with Gasteiger partial charge >= 0.3 is 11.9 Å². The first-order valence-corrected chi connectivity index (χ1v) is 5.92. The molecule has 6 heteroatoms. The van der Waals surface area contributed by atoms with Gasteiger partial charge in [-0.25, -0.2) is 14.6 Å². The number of hydrogen-bond acceptors (Lipinski definition) is 6. The maximum absolute atomic E-state index is 11.3. The van der Waals surface area contributed by atoms with Crippen LogP contribution in [0.1, 0.15) is 20.2 Å². The molecule has 1 aromatic carbocycles. The number of benzene rings is 1. The Labute approximate surface area is 106 Å². The highest BCUT2D eigenvalue weighted by Gasteiger charge is 2.34. The van der Waals surface area contributed by atoms with E-state index in [0.29, 0.717) is 10.8 Å². The molecule has 2 aromatic rings. The summed E-state index contributed by atoms with van der Waals surface area (Å²) in [4.78, 5) is 27.1. The number of ether oxygens (including phenoxy) is 2. The number of esters is 2. The molecule has 0 amide bonds. The van der Waals surface area contributed by atoms with Crippen LogP contribution < -0.4 is 4.74 Å². The summed E-state index contributed by atoms with van der Waals surface area (Å²) in [6, 6.07) is 7.27. The van der Waals surface area contributed by atoms with Crippen LogP contribution in [0.3, 0.4) is 0 Å². The number of carbonyl (C=O) groups excluding carboxylic acids is 2. The first-order valence-electron chi connectivity index (χ1n) is 5.11. The van der Waals surface area contributed by atoms with Crippen LogP contribution in [0.4, 0.5) is 0 Å². The number of aromatic nitrogens is 1. The van der Waals surface area contributed by atoms with Crippen molar-refractivity contribution in [1.29, 1.82) is 0 Å². The lowest BCUT2D eigenvalue weighted by molar-refractivity contribution is 0.0443. The molecule has 0 unspecified atom stereocenters. The van der Waals surface area contributed by atoms with Gasteiger partial charge in [0.15, 0.2) is 5.69 Å². The van der Waals surface area contributed by atoms with Gasteiger partial charge in [0.1, 0.15) is 15.6 Å². The van der Waals surface area contributed by atoms with E-state index in [9.17, 15) is 9.59 Å². The highest BCUT2D eigenvalue weighted by atomic mass is 32.1. The highest BCUT2D eigenvalue weighted by Crippen LogP contribution is 2.33. The largest absolute Gasteiger partial charge is 0.497 e. The van der Waals surface area contributed by atoms with E-state index in [1.165, 1.54) is 0 Å². The second-order valence-electron chi connectivity index (χ2n) is 3.61. The van der Waals surface area contributed by atoms with E-state index in [4.69, 9.17) is 4.74 Å². The third kappa shape index (κ3) is 1.58. The average molecular weight is 261 g/mol. The molecular weight excluding hydrogens is 254 g/mol. The quantitative estimate of drug-likeness (QED) is 0.612. The fourth-order valence-corrected chi connectivity index (χ4v) is 2.58.